The number of nitrogens with zero attached hydrogens (tertiary/aromatic N) is 2. The van der Waals surface area contributed by atoms with E-state index in [2.05, 4.69) is 10.5 Å². The van der Waals surface area contributed by atoms with Crippen molar-refractivity contribution in [1.29, 1.82) is 0 Å². The Balaban J connectivity index is 1.92. The average molecular weight is 536 g/mol. The summed E-state index contributed by atoms with van der Waals surface area (Å²) in [6.07, 6.45) is 1.37. The highest BCUT2D eigenvalue weighted by Crippen LogP contribution is 2.35. The number of sulfonamides is 1. The Morgan fingerprint density at radius 2 is 1.71 bits per heavy atom. The van der Waals surface area contributed by atoms with Gasteiger partial charge in [-0.3, -0.25) is 9.10 Å². The van der Waals surface area contributed by atoms with Crippen molar-refractivity contribution in [3.8, 4) is 11.5 Å². The third kappa shape index (κ3) is 6.45. The normalized spacial score (nSPS) is 11.3. The molecule has 0 heterocycles. The molecule has 0 unspecified atom stereocenters. The topological polar surface area (TPSA) is 97.3 Å². The highest BCUT2D eigenvalue weighted by molar-refractivity contribution is 7.92. The van der Waals surface area contributed by atoms with Gasteiger partial charge in [0.2, 0.25) is 0 Å². The van der Waals surface area contributed by atoms with Gasteiger partial charge in [0.15, 0.2) is 0 Å². The molecule has 0 saturated carbocycles. The summed E-state index contributed by atoms with van der Waals surface area (Å²) in [7, 11) is -1.26. The van der Waals surface area contributed by atoms with E-state index in [1.54, 1.807) is 36.4 Å². The lowest BCUT2D eigenvalue weighted by Crippen LogP contribution is -2.39. The first-order valence-electron chi connectivity index (χ1n) is 10.2. The molecule has 3 aromatic rings. The van der Waals surface area contributed by atoms with Crippen LogP contribution in [0.4, 0.5) is 5.69 Å². The van der Waals surface area contributed by atoms with Crippen LogP contribution in [0.2, 0.25) is 10.0 Å². The first-order chi connectivity index (χ1) is 16.6. The second kappa shape index (κ2) is 11.4. The second-order valence-corrected chi connectivity index (χ2v) is 10.0. The zero-order valence-electron chi connectivity index (χ0n) is 19.2. The quantitative estimate of drug-likeness (QED) is 0.317. The van der Waals surface area contributed by atoms with Crippen LogP contribution in [-0.4, -0.2) is 41.3 Å². The van der Waals surface area contributed by atoms with Gasteiger partial charge in [-0.25, -0.2) is 13.8 Å². The van der Waals surface area contributed by atoms with Crippen LogP contribution in [0.25, 0.3) is 0 Å². The Hall–Kier alpha value is -3.27. The number of aryl methyl sites for hydroxylation is 1. The van der Waals surface area contributed by atoms with Crippen molar-refractivity contribution >= 4 is 51.0 Å². The molecule has 0 radical (unpaired) electrons. The molecule has 0 saturated heterocycles. The van der Waals surface area contributed by atoms with E-state index >= 15 is 0 Å². The molecule has 11 heteroatoms. The van der Waals surface area contributed by atoms with Gasteiger partial charge in [-0.05, 0) is 48.9 Å². The van der Waals surface area contributed by atoms with Crippen LogP contribution in [0.5, 0.6) is 11.5 Å². The van der Waals surface area contributed by atoms with E-state index in [1.165, 1.54) is 44.7 Å². The molecule has 0 aliphatic heterocycles. The Kier molecular flexibility index (Phi) is 8.61. The van der Waals surface area contributed by atoms with Crippen LogP contribution in [-0.2, 0) is 14.8 Å². The summed E-state index contributed by atoms with van der Waals surface area (Å²) in [5.41, 5.74) is 4.00. The van der Waals surface area contributed by atoms with E-state index in [-0.39, 0.29) is 16.3 Å². The monoisotopic (exact) mass is 535 g/mol. The number of halogens is 2. The van der Waals surface area contributed by atoms with Crippen LogP contribution >= 0.6 is 23.2 Å². The molecule has 0 aliphatic carbocycles. The largest absolute Gasteiger partial charge is 0.497 e. The lowest BCUT2D eigenvalue weighted by Gasteiger charge is -2.25. The van der Waals surface area contributed by atoms with Crippen LogP contribution in [0.1, 0.15) is 11.1 Å². The van der Waals surface area contributed by atoms with E-state index in [4.69, 9.17) is 32.7 Å². The first-order valence-corrected chi connectivity index (χ1v) is 12.4. The van der Waals surface area contributed by atoms with Crippen LogP contribution in [0, 0.1) is 6.92 Å². The molecule has 184 valence electrons. The number of methoxy groups -OCH3 is 2. The zero-order chi connectivity index (χ0) is 25.6. The number of nitrogens with one attached hydrogen (secondary N) is 1. The minimum Gasteiger partial charge on any atom is -0.497 e. The third-order valence-corrected chi connectivity index (χ3v) is 7.41. The van der Waals surface area contributed by atoms with Crippen molar-refractivity contribution in [2.45, 2.75) is 11.8 Å². The maximum atomic E-state index is 13.6. The minimum absolute atomic E-state index is 0.0214. The van der Waals surface area contributed by atoms with Gasteiger partial charge in [0.25, 0.3) is 15.9 Å². The van der Waals surface area contributed by atoms with Gasteiger partial charge in [-0.2, -0.15) is 5.10 Å². The molecule has 0 bridgehead atoms. The number of hydrogen-bond acceptors (Lipinski definition) is 6. The van der Waals surface area contributed by atoms with Gasteiger partial charge in [0.1, 0.15) is 18.0 Å². The van der Waals surface area contributed by atoms with E-state index in [0.29, 0.717) is 21.4 Å². The first kappa shape index (κ1) is 26.3. The highest BCUT2D eigenvalue weighted by Gasteiger charge is 2.29. The number of amides is 1. The van der Waals surface area contributed by atoms with Crippen molar-refractivity contribution in [3.05, 3.63) is 81.8 Å². The van der Waals surface area contributed by atoms with E-state index < -0.39 is 22.5 Å². The van der Waals surface area contributed by atoms with Gasteiger partial charge >= 0.3 is 0 Å². The number of ether oxygens (including phenoxy) is 2. The Labute approximate surface area is 214 Å². The number of rotatable bonds is 9. The van der Waals surface area contributed by atoms with E-state index in [0.717, 1.165) is 9.87 Å². The standard InChI is InChI=1S/C24H23Cl2N3O5S/c1-16-4-8-19(9-5-16)35(31,32)29(22-11-7-18(33-2)13-23(22)34-3)15-24(30)28-27-14-17-6-10-20(25)21(26)12-17/h4-14H,15H2,1-3H3,(H,28,30)/b27-14-. The molecule has 35 heavy (non-hydrogen) atoms. The fraction of sp³-hybridized carbons (Fsp3) is 0.167. The van der Waals surface area contributed by atoms with Crippen LogP contribution in [0.15, 0.2) is 70.7 Å². The lowest BCUT2D eigenvalue weighted by atomic mass is 10.2. The van der Waals surface area contributed by atoms with Gasteiger partial charge in [0, 0.05) is 6.07 Å². The lowest BCUT2D eigenvalue weighted by molar-refractivity contribution is -0.119. The van der Waals surface area contributed by atoms with Crippen molar-refractivity contribution in [3.63, 3.8) is 0 Å². The maximum Gasteiger partial charge on any atom is 0.264 e. The van der Waals surface area contributed by atoms with Crippen molar-refractivity contribution in [1.82, 2.24) is 5.43 Å². The number of hydrogen-bond donors (Lipinski definition) is 1. The summed E-state index contributed by atoms with van der Waals surface area (Å²) >= 11 is 11.9. The fourth-order valence-corrected chi connectivity index (χ4v) is 4.80. The van der Waals surface area contributed by atoms with Crippen molar-refractivity contribution in [2.24, 2.45) is 5.10 Å². The molecular formula is C24H23Cl2N3O5S. The predicted molar refractivity (Wildman–Crippen MR) is 137 cm³/mol. The second-order valence-electron chi connectivity index (χ2n) is 7.33. The maximum absolute atomic E-state index is 13.6. The molecule has 1 amide bonds. The molecular weight excluding hydrogens is 513 g/mol. The zero-order valence-corrected chi connectivity index (χ0v) is 21.5. The van der Waals surface area contributed by atoms with Gasteiger partial charge in [-0.1, -0.05) is 47.0 Å². The van der Waals surface area contributed by atoms with Gasteiger partial charge in [-0.15, -0.1) is 0 Å². The van der Waals surface area contributed by atoms with E-state index in [9.17, 15) is 13.2 Å². The van der Waals surface area contributed by atoms with Crippen molar-refractivity contribution < 1.29 is 22.7 Å². The third-order valence-electron chi connectivity index (χ3n) is 4.90. The molecule has 0 fully saturated rings. The predicted octanol–water partition coefficient (Wildman–Crippen LogP) is 4.66. The molecule has 0 aliphatic rings. The number of carbonyl (C=O) groups excluding carboxylic acids is 1. The molecule has 3 aromatic carbocycles. The Morgan fingerprint density at radius 1 is 1.00 bits per heavy atom. The average Bonchev–Trinajstić information content (AvgIpc) is 2.84. The summed E-state index contributed by atoms with van der Waals surface area (Å²) in [5, 5.41) is 4.62. The number of benzene rings is 3. The van der Waals surface area contributed by atoms with Crippen molar-refractivity contribution in [2.75, 3.05) is 25.1 Å². The van der Waals surface area contributed by atoms with E-state index in [1.807, 2.05) is 6.92 Å². The molecule has 0 spiro atoms. The summed E-state index contributed by atoms with van der Waals surface area (Å²) in [4.78, 5) is 12.8. The molecule has 1 N–H and O–H groups in total. The Bertz CT molecular complexity index is 1350. The number of anilines is 1. The van der Waals surface area contributed by atoms with Gasteiger partial charge in [0.05, 0.1) is 41.1 Å². The number of carbonyl (C=O) groups is 1. The summed E-state index contributed by atoms with van der Waals surface area (Å²) in [5.74, 6) is 0.0102. The smallest absolute Gasteiger partial charge is 0.264 e. The number of hydrazone groups is 1. The summed E-state index contributed by atoms with van der Waals surface area (Å²) in [6, 6.07) is 15.8. The molecule has 8 nitrogen and oxygen atoms in total. The molecule has 0 aromatic heterocycles. The highest BCUT2D eigenvalue weighted by atomic mass is 35.5. The van der Waals surface area contributed by atoms with Crippen LogP contribution in [0.3, 0.4) is 0 Å². The van der Waals surface area contributed by atoms with Crippen LogP contribution < -0.4 is 19.2 Å². The fourth-order valence-electron chi connectivity index (χ4n) is 3.07. The SMILES string of the molecule is COc1ccc(N(CC(=O)N/N=C\c2ccc(Cl)c(Cl)c2)S(=O)(=O)c2ccc(C)cc2)c(OC)c1. The summed E-state index contributed by atoms with van der Waals surface area (Å²) in [6.45, 7) is 1.29. The molecule has 3 rings (SSSR count). The molecule has 0 atom stereocenters. The van der Waals surface area contributed by atoms with Gasteiger partial charge < -0.3 is 9.47 Å². The Morgan fingerprint density at radius 3 is 2.34 bits per heavy atom. The summed E-state index contributed by atoms with van der Waals surface area (Å²) < 4.78 is 38.7. The minimum atomic E-state index is -4.14.